The number of rotatable bonds is 3. The number of benzene rings is 1. The molecule has 0 unspecified atom stereocenters. The average Bonchev–Trinajstić information content (AvgIpc) is 2.19. The van der Waals surface area contributed by atoms with Gasteiger partial charge in [-0.3, -0.25) is 0 Å². The monoisotopic (exact) mass is 238 g/mol. The summed E-state index contributed by atoms with van der Waals surface area (Å²) in [6.45, 7) is 0.0151. The van der Waals surface area contributed by atoms with Crippen LogP contribution in [0, 0.1) is 11.8 Å². The molecule has 1 N–H and O–H groups in total. The molecule has 0 aliphatic carbocycles. The van der Waals surface area contributed by atoms with Crippen LogP contribution in [0.5, 0.6) is 0 Å². The first kappa shape index (κ1) is 12.8. The zero-order chi connectivity index (χ0) is 12.0. The van der Waals surface area contributed by atoms with Crippen LogP contribution in [0.2, 0.25) is 0 Å². The number of aliphatic hydroxyl groups excluding tert-OH is 1. The number of hydrogen-bond donors (Lipinski definition) is 1. The van der Waals surface area contributed by atoms with Crippen molar-refractivity contribution in [2.45, 2.75) is 12.2 Å². The standard InChI is InChI=1S/C12H14O3S/c1-16(14,15)10-12-8-3-2-6-11(12)7-4-5-9-13/h2-3,6,8,13H,5,9-10H2,1H3. The van der Waals surface area contributed by atoms with Crippen molar-refractivity contribution in [3.8, 4) is 11.8 Å². The third-order valence-electron chi connectivity index (χ3n) is 1.89. The van der Waals surface area contributed by atoms with Gasteiger partial charge in [-0.1, -0.05) is 30.0 Å². The lowest BCUT2D eigenvalue weighted by molar-refractivity contribution is 0.305. The van der Waals surface area contributed by atoms with E-state index in [4.69, 9.17) is 5.11 Å². The average molecular weight is 238 g/mol. The Kier molecular flexibility index (Phi) is 4.53. The molecule has 0 amide bonds. The van der Waals surface area contributed by atoms with E-state index in [1.807, 2.05) is 6.07 Å². The van der Waals surface area contributed by atoms with Crippen molar-refractivity contribution in [2.24, 2.45) is 0 Å². The summed E-state index contributed by atoms with van der Waals surface area (Å²) in [5, 5.41) is 8.60. The summed E-state index contributed by atoms with van der Waals surface area (Å²) in [4.78, 5) is 0. The maximum absolute atomic E-state index is 11.2. The van der Waals surface area contributed by atoms with Gasteiger partial charge in [0.15, 0.2) is 9.84 Å². The molecule has 0 radical (unpaired) electrons. The molecular formula is C12H14O3S. The Morgan fingerprint density at radius 1 is 1.31 bits per heavy atom. The van der Waals surface area contributed by atoms with Crippen molar-refractivity contribution in [2.75, 3.05) is 12.9 Å². The molecule has 0 aliphatic heterocycles. The van der Waals surface area contributed by atoms with E-state index in [1.54, 1.807) is 18.2 Å². The molecule has 0 spiro atoms. The van der Waals surface area contributed by atoms with Crippen LogP contribution in [0.4, 0.5) is 0 Å². The minimum atomic E-state index is -3.05. The van der Waals surface area contributed by atoms with Gasteiger partial charge in [0, 0.05) is 18.2 Å². The highest BCUT2D eigenvalue weighted by Crippen LogP contribution is 2.10. The van der Waals surface area contributed by atoms with E-state index < -0.39 is 9.84 Å². The Bertz CT molecular complexity index is 507. The predicted octanol–water partition coefficient (Wildman–Crippen LogP) is 0.965. The van der Waals surface area contributed by atoms with Gasteiger partial charge < -0.3 is 5.11 Å². The first-order valence-electron chi connectivity index (χ1n) is 4.88. The smallest absolute Gasteiger partial charge is 0.151 e. The second-order valence-electron chi connectivity index (χ2n) is 3.50. The fourth-order valence-electron chi connectivity index (χ4n) is 1.26. The molecule has 4 heteroatoms. The largest absolute Gasteiger partial charge is 0.395 e. The third-order valence-corrected chi connectivity index (χ3v) is 2.73. The van der Waals surface area contributed by atoms with Crippen LogP contribution in [0.15, 0.2) is 24.3 Å². The van der Waals surface area contributed by atoms with Crippen molar-refractivity contribution in [1.29, 1.82) is 0 Å². The molecular weight excluding hydrogens is 224 g/mol. The summed E-state index contributed by atoms with van der Waals surface area (Å²) in [6.07, 6.45) is 1.60. The highest BCUT2D eigenvalue weighted by molar-refractivity contribution is 7.89. The van der Waals surface area contributed by atoms with Gasteiger partial charge in [-0.15, -0.1) is 0 Å². The molecule has 0 atom stereocenters. The highest BCUT2D eigenvalue weighted by atomic mass is 32.2. The molecule has 0 bridgehead atoms. The first-order valence-corrected chi connectivity index (χ1v) is 6.94. The van der Waals surface area contributed by atoms with Crippen LogP contribution in [0.3, 0.4) is 0 Å². The minimum Gasteiger partial charge on any atom is -0.395 e. The summed E-state index contributed by atoms with van der Waals surface area (Å²) in [5.41, 5.74) is 1.41. The maximum atomic E-state index is 11.2. The number of aliphatic hydroxyl groups is 1. The second-order valence-corrected chi connectivity index (χ2v) is 5.64. The predicted molar refractivity (Wildman–Crippen MR) is 63.6 cm³/mol. The lowest BCUT2D eigenvalue weighted by atomic mass is 10.1. The van der Waals surface area contributed by atoms with Crippen molar-refractivity contribution >= 4 is 9.84 Å². The van der Waals surface area contributed by atoms with E-state index in [0.29, 0.717) is 17.5 Å². The van der Waals surface area contributed by atoms with Crippen molar-refractivity contribution in [3.05, 3.63) is 35.4 Å². The van der Waals surface area contributed by atoms with Crippen molar-refractivity contribution < 1.29 is 13.5 Å². The van der Waals surface area contributed by atoms with Crippen LogP contribution in [-0.2, 0) is 15.6 Å². The van der Waals surface area contributed by atoms with Crippen LogP contribution >= 0.6 is 0 Å². The number of hydrogen-bond acceptors (Lipinski definition) is 3. The summed E-state index contributed by atoms with van der Waals surface area (Å²) in [5.74, 6) is 5.64. The Morgan fingerprint density at radius 3 is 2.62 bits per heavy atom. The normalized spacial score (nSPS) is 10.6. The number of sulfone groups is 1. The van der Waals surface area contributed by atoms with E-state index in [2.05, 4.69) is 11.8 Å². The molecule has 0 aliphatic rings. The minimum absolute atomic E-state index is 0.00300. The van der Waals surface area contributed by atoms with E-state index >= 15 is 0 Å². The van der Waals surface area contributed by atoms with Gasteiger partial charge in [0.05, 0.1) is 12.4 Å². The highest BCUT2D eigenvalue weighted by Gasteiger charge is 2.07. The van der Waals surface area contributed by atoms with Crippen molar-refractivity contribution in [3.63, 3.8) is 0 Å². The summed E-state index contributed by atoms with van der Waals surface area (Å²) < 4.78 is 22.4. The lowest BCUT2D eigenvalue weighted by Gasteiger charge is -2.02. The van der Waals surface area contributed by atoms with Crippen LogP contribution in [0.25, 0.3) is 0 Å². The first-order chi connectivity index (χ1) is 7.53. The van der Waals surface area contributed by atoms with E-state index in [-0.39, 0.29) is 12.4 Å². The van der Waals surface area contributed by atoms with Gasteiger partial charge >= 0.3 is 0 Å². The Balaban J connectivity index is 2.98. The molecule has 0 saturated heterocycles. The maximum Gasteiger partial charge on any atom is 0.151 e. The fraction of sp³-hybridized carbons (Fsp3) is 0.333. The van der Waals surface area contributed by atoms with E-state index in [0.717, 1.165) is 0 Å². The summed E-state index contributed by atoms with van der Waals surface area (Å²) in [7, 11) is -3.05. The van der Waals surface area contributed by atoms with Gasteiger partial charge in [0.1, 0.15) is 0 Å². The third kappa shape index (κ3) is 4.47. The topological polar surface area (TPSA) is 54.4 Å². The zero-order valence-electron chi connectivity index (χ0n) is 9.10. The SMILES string of the molecule is CS(=O)(=O)Cc1ccccc1C#CCCO. The molecule has 86 valence electrons. The molecule has 0 heterocycles. The molecule has 16 heavy (non-hydrogen) atoms. The van der Waals surface area contributed by atoms with Crippen LogP contribution in [-0.4, -0.2) is 26.4 Å². The molecule has 1 aromatic carbocycles. The molecule has 0 aromatic heterocycles. The fourth-order valence-corrected chi connectivity index (χ4v) is 2.08. The quantitative estimate of drug-likeness (QED) is 0.798. The molecule has 0 saturated carbocycles. The van der Waals surface area contributed by atoms with Gasteiger partial charge in [0.2, 0.25) is 0 Å². The lowest BCUT2D eigenvalue weighted by Crippen LogP contribution is -2.02. The van der Waals surface area contributed by atoms with Gasteiger partial charge in [-0.2, -0.15) is 0 Å². The zero-order valence-corrected chi connectivity index (χ0v) is 9.92. The molecule has 3 nitrogen and oxygen atoms in total. The van der Waals surface area contributed by atoms with E-state index in [9.17, 15) is 8.42 Å². The molecule has 0 fully saturated rings. The Labute approximate surface area is 96.0 Å². The summed E-state index contributed by atoms with van der Waals surface area (Å²) >= 11 is 0. The Hall–Kier alpha value is -1.31. The second kappa shape index (κ2) is 5.69. The van der Waals surface area contributed by atoms with Crippen molar-refractivity contribution in [1.82, 2.24) is 0 Å². The van der Waals surface area contributed by atoms with Gasteiger partial charge in [-0.05, 0) is 11.6 Å². The van der Waals surface area contributed by atoms with Gasteiger partial charge in [0.25, 0.3) is 0 Å². The van der Waals surface area contributed by atoms with E-state index in [1.165, 1.54) is 6.26 Å². The van der Waals surface area contributed by atoms with Crippen LogP contribution < -0.4 is 0 Å². The summed E-state index contributed by atoms with van der Waals surface area (Å²) in [6, 6.07) is 7.14. The van der Waals surface area contributed by atoms with Crippen LogP contribution in [0.1, 0.15) is 17.5 Å². The molecule has 1 aromatic rings. The van der Waals surface area contributed by atoms with Gasteiger partial charge in [-0.25, -0.2) is 8.42 Å². The molecule has 1 rings (SSSR count). The Morgan fingerprint density at radius 2 is 2.00 bits per heavy atom.